The Bertz CT molecular complexity index is 1020. The molecule has 0 saturated carbocycles. The molecule has 0 aromatic heterocycles. The van der Waals surface area contributed by atoms with Gasteiger partial charge in [0.2, 0.25) is 12.0 Å². The molecule has 3 unspecified atom stereocenters. The van der Waals surface area contributed by atoms with Gasteiger partial charge < -0.3 is 28.4 Å². The van der Waals surface area contributed by atoms with Crippen molar-refractivity contribution in [1.29, 1.82) is 0 Å². The monoisotopic (exact) mass is 532 g/mol. The molecule has 0 spiro atoms. The molecule has 1 aliphatic rings. The second kappa shape index (κ2) is 13.1. The Morgan fingerprint density at radius 3 is 2.24 bits per heavy atom. The van der Waals surface area contributed by atoms with E-state index in [9.17, 15) is 32.3 Å². The minimum Gasteiger partial charge on any atom is -0.463 e. The first-order valence-electron chi connectivity index (χ1n) is 11.2. The third-order valence-electron chi connectivity index (χ3n) is 4.80. The highest BCUT2D eigenvalue weighted by Gasteiger charge is 2.45. The zero-order valence-electron chi connectivity index (χ0n) is 20.5. The van der Waals surface area contributed by atoms with E-state index in [1.165, 1.54) is 13.0 Å². The highest BCUT2D eigenvalue weighted by Crippen LogP contribution is 2.31. The first-order chi connectivity index (χ1) is 17.3. The van der Waals surface area contributed by atoms with Gasteiger partial charge in [0.1, 0.15) is 18.8 Å². The lowest BCUT2D eigenvalue weighted by Crippen LogP contribution is -2.54. The van der Waals surface area contributed by atoms with E-state index in [0.29, 0.717) is 0 Å². The van der Waals surface area contributed by atoms with Crippen LogP contribution in [0.2, 0.25) is 0 Å². The van der Waals surface area contributed by atoms with E-state index in [4.69, 9.17) is 28.4 Å². The highest BCUT2D eigenvalue weighted by atomic mass is 19.4. The maximum absolute atomic E-state index is 13.1. The van der Waals surface area contributed by atoms with Gasteiger partial charge in [-0.15, -0.1) is 0 Å². The number of carbonyl (C=O) groups excluding carboxylic acids is 4. The Balaban J connectivity index is 2.40. The standard InChI is InChI=1S/C24H27F3O10/c1-5-32-23(31)19(10-16-7-6-8-17(9-16)24(25,26)27)36-21-11-18(34-14(3)29)22(35-15(4)30)20(37-21)12-33-13(2)28/h6-10,18,20-22H,5,11-12H2,1-4H3/b19-10-/t18?,20?,21?,22-/m1/s1. The molecule has 1 aliphatic heterocycles. The SMILES string of the molecule is CCOC(=O)/C(=C/c1cccc(C(F)(F)F)c1)OC1CC(OC(C)=O)[C@@H](OC(C)=O)C(COC(C)=O)O1. The fourth-order valence-corrected chi connectivity index (χ4v) is 3.41. The van der Waals surface area contributed by atoms with E-state index in [1.54, 1.807) is 0 Å². The summed E-state index contributed by atoms with van der Waals surface area (Å²) in [4.78, 5) is 47.2. The average Bonchev–Trinajstić information content (AvgIpc) is 2.78. The van der Waals surface area contributed by atoms with Gasteiger partial charge in [-0.25, -0.2) is 4.79 Å². The zero-order valence-corrected chi connectivity index (χ0v) is 20.5. The molecular weight excluding hydrogens is 505 g/mol. The molecule has 0 amide bonds. The van der Waals surface area contributed by atoms with Gasteiger partial charge in [0.05, 0.1) is 18.6 Å². The van der Waals surface area contributed by atoms with Crippen molar-refractivity contribution in [1.82, 2.24) is 0 Å². The normalized spacial score (nSPS) is 22.0. The minimum absolute atomic E-state index is 0.0144. The molecule has 13 heteroatoms. The summed E-state index contributed by atoms with van der Waals surface area (Å²) in [6, 6.07) is 4.16. The summed E-state index contributed by atoms with van der Waals surface area (Å²) < 4.78 is 71.2. The predicted octanol–water partition coefficient (Wildman–Crippen LogP) is 3.17. The quantitative estimate of drug-likeness (QED) is 0.203. The molecule has 10 nitrogen and oxygen atoms in total. The van der Waals surface area contributed by atoms with Crippen LogP contribution in [-0.2, 0) is 53.8 Å². The molecule has 204 valence electrons. The van der Waals surface area contributed by atoms with Crippen LogP contribution < -0.4 is 0 Å². The molecule has 0 radical (unpaired) electrons. The number of carbonyl (C=O) groups is 4. The van der Waals surface area contributed by atoms with E-state index in [-0.39, 0.29) is 18.6 Å². The van der Waals surface area contributed by atoms with Gasteiger partial charge in [-0.3, -0.25) is 14.4 Å². The van der Waals surface area contributed by atoms with Gasteiger partial charge in [0.25, 0.3) is 0 Å². The average molecular weight is 532 g/mol. The van der Waals surface area contributed by atoms with Gasteiger partial charge in [-0.2, -0.15) is 13.2 Å². The third-order valence-corrected chi connectivity index (χ3v) is 4.80. The van der Waals surface area contributed by atoms with Crippen LogP contribution >= 0.6 is 0 Å². The van der Waals surface area contributed by atoms with E-state index in [0.717, 1.165) is 45.0 Å². The molecule has 0 bridgehead atoms. The van der Waals surface area contributed by atoms with Crippen molar-refractivity contribution in [3.63, 3.8) is 0 Å². The number of esters is 4. The number of ether oxygens (including phenoxy) is 6. The molecule has 1 aromatic rings. The number of halogens is 3. The summed E-state index contributed by atoms with van der Waals surface area (Å²) in [5.41, 5.74) is -0.960. The van der Waals surface area contributed by atoms with Gasteiger partial charge in [-0.1, -0.05) is 12.1 Å². The molecule has 1 saturated heterocycles. The van der Waals surface area contributed by atoms with Crippen molar-refractivity contribution >= 4 is 30.0 Å². The van der Waals surface area contributed by atoms with Crippen molar-refractivity contribution < 1.29 is 60.8 Å². The van der Waals surface area contributed by atoms with Crippen LogP contribution in [0.3, 0.4) is 0 Å². The van der Waals surface area contributed by atoms with Crippen LogP contribution in [0.4, 0.5) is 13.2 Å². The fourth-order valence-electron chi connectivity index (χ4n) is 3.41. The summed E-state index contributed by atoms with van der Waals surface area (Å²) in [5.74, 6) is -3.61. The largest absolute Gasteiger partial charge is 0.463 e. The minimum atomic E-state index is -4.62. The Kier molecular flexibility index (Phi) is 10.5. The Hall–Kier alpha value is -3.61. The van der Waals surface area contributed by atoms with Crippen molar-refractivity contribution in [3.8, 4) is 0 Å². The smallest absolute Gasteiger partial charge is 0.416 e. The topological polar surface area (TPSA) is 124 Å². The zero-order chi connectivity index (χ0) is 27.8. The molecule has 4 atom stereocenters. The molecule has 1 fully saturated rings. The lowest BCUT2D eigenvalue weighted by atomic mass is 10.0. The summed E-state index contributed by atoms with van der Waals surface area (Å²) >= 11 is 0. The van der Waals surface area contributed by atoms with Crippen LogP contribution in [0.25, 0.3) is 6.08 Å². The summed E-state index contributed by atoms with van der Waals surface area (Å²) in [6.07, 6.45) is -8.64. The van der Waals surface area contributed by atoms with Crippen LogP contribution in [0.1, 0.15) is 45.2 Å². The molecule has 0 aliphatic carbocycles. The van der Waals surface area contributed by atoms with Gasteiger partial charge >= 0.3 is 30.1 Å². The molecular formula is C24H27F3O10. The maximum atomic E-state index is 13.1. The summed E-state index contributed by atoms with van der Waals surface area (Å²) in [5, 5.41) is 0. The summed E-state index contributed by atoms with van der Waals surface area (Å²) in [6.45, 7) is 4.41. The Morgan fingerprint density at radius 1 is 1.00 bits per heavy atom. The first-order valence-corrected chi connectivity index (χ1v) is 11.2. The number of benzene rings is 1. The second-order valence-electron chi connectivity index (χ2n) is 7.83. The Morgan fingerprint density at radius 2 is 1.68 bits per heavy atom. The van der Waals surface area contributed by atoms with E-state index in [1.807, 2.05) is 0 Å². The van der Waals surface area contributed by atoms with Crippen LogP contribution in [0, 0.1) is 0 Å². The van der Waals surface area contributed by atoms with E-state index >= 15 is 0 Å². The van der Waals surface area contributed by atoms with E-state index in [2.05, 4.69) is 0 Å². The Labute approximate surface area is 210 Å². The first kappa shape index (κ1) is 29.6. The lowest BCUT2D eigenvalue weighted by Gasteiger charge is -2.39. The fraction of sp³-hybridized carbons (Fsp3) is 0.500. The van der Waals surface area contributed by atoms with Crippen molar-refractivity contribution in [2.24, 2.45) is 0 Å². The van der Waals surface area contributed by atoms with Gasteiger partial charge in [0, 0.05) is 20.8 Å². The second-order valence-corrected chi connectivity index (χ2v) is 7.83. The van der Waals surface area contributed by atoms with Crippen LogP contribution in [0.15, 0.2) is 30.0 Å². The van der Waals surface area contributed by atoms with E-state index < -0.39 is 72.6 Å². The summed E-state index contributed by atoms with van der Waals surface area (Å²) in [7, 11) is 0. The van der Waals surface area contributed by atoms with Crippen LogP contribution in [0.5, 0.6) is 0 Å². The van der Waals surface area contributed by atoms with Gasteiger partial charge in [-0.05, 0) is 30.7 Å². The molecule has 37 heavy (non-hydrogen) atoms. The van der Waals surface area contributed by atoms with Crippen molar-refractivity contribution in [3.05, 3.63) is 41.2 Å². The van der Waals surface area contributed by atoms with Gasteiger partial charge in [0.15, 0.2) is 6.10 Å². The number of rotatable bonds is 9. The molecule has 1 aromatic carbocycles. The molecule has 1 heterocycles. The third kappa shape index (κ3) is 9.41. The number of hydrogen-bond acceptors (Lipinski definition) is 10. The highest BCUT2D eigenvalue weighted by molar-refractivity contribution is 5.91. The molecule has 2 rings (SSSR count). The number of hydrogen-bond donors (Lipinski definition) is 0. The predicted molar refractivity (Wildman–Crippen MR) is 118 cm³/mol. The lowest BCUT2D eigenvalue weighted by molar-refractivity contribution is -0.257. The number of alkyl halides is 3. The molecule has 0 N–H and O–H groups in total. The van der Waals surface area contributed by atoms with Crippen LogP contribution in [-0.4, -0.2) is 61.7 Å². The van der Waals surface area contributed by atoms with Crippen molar-refractivity contribution in [2.75, 3.05) is 13.2 Å². The maximum Gasteiger partial charge on any atom is 0.416 e. The van der Waals surface area contributed by atoms with Crippen molar-refractivity contribution in [2.45, 2.75) is 64.9 Å².